The Morgan fingerprint density at radius 2 is 2.14 bits per heavy atom. The van der Waals surface area contributed by atoms with Gasteiger partial charge in [-0.3, -0.25) is 4.79 Å². The summed E-state index contributed by atoms with van der Waals surface area (Å²) in [5.41, 5.74) is 1.30. The van der Waals surface area contributed by atoms with Crippen LogP contribution in [0, 0.1) is 5.92 Å². The molecule has 1 aliphatic carbocycles. The van der Waals surface area contributed by atoms with Crippen LogP contribution in [-0.2, 0) is 4.79 Å². The fourth-order valence-electron chi connectivity index (χ4n) is 1.86. The maximum atomic E-state index is 11.5. The zero-order valence-corrected chi connectivity index (χ0v) is 8.36. The summed E-state index contributed by atoms with van der Waals surface area (Å²) in [4.78, 5) is 11.5. The second-order valence-electron chi connectivity index (χ2n) is 3.75. The van der Waals surface area contributed by atoms with E-state index in [0.29, 0.717) is 5.92 Å². The maximum Gasteiger partial charge on any atom is 0.223 e. The van der Waals surface area contributed by atoms with Crippen LogP contribution in [0.3, 0.4) is 0 Å². The maximum absolute atomic E-state index is 11.5. The molecule has 0 aromatic heterocycles. The standard InChI is InChI=1S/C12H15NO/c1-2-13-12(14)11-8-10(11)9-6-4-3-5-7-9/h3-7,10-11H,2,8H2,1H3,(H,13,14)/t10-,11-/m1/s1. The van der Waals surface area contributed by atoms with Gasteiger partial charge in [0.25, 0.3) is 0 Å². The summed E-state index contributed by atoms with van der Waals surface area (Å²) in [6.45, 7) is 2.69. The molecule has 2 rings (SSSR count). The van der Waals surface area contributed by atoms with E-state index < -0.39 is 0 Å². The van der Waals surface area contributed by atoms with E-state index in [1.165, 1.54) is 5.56 Å². The molecule has 1 aliphatic rings. The van der Waals surface area contributed by atoms with Gasteiger partial charge in [-0.05, 0) is 24.8 Å². The average molecular weight is 189 g/mol. The van der Waals surface area contributed by atoms with Gasteiger partial charge >= 0.3 is 0 Å². The van der Waals surface area contributed by atoms with Gasteiger partial charge in [0.05, 0.1) is 0 Å². The Labute approximate surface area is 84.3 Å². The molecule has 1 aromatic carbocycles. The molecular formula is C12H15NO. The van der Waals surface area contributed by atoms with Gasteiger partial charge in [-0.2, -0.15) is 0 Å². The molecule has 1 N–H and O–H groups in total. The molecule has 1 aromatic rings. The molecule has 0 radical (unpaired) electrons. The molecule has 2 atom stereocenters. The van der Waals surface area contributed by atoms with Crippen LogP contribution in [0.5, 0.6) is 0 Å². The van der Waals surface area contributed by atoms with Crippen molar-refractivity contribution < 1.29 is 4.79 Å². The van der Waals surface area contributed by atoms with Crippen LogP contribution in [0.25, 0.3) is 0 Å². The van der Waals surface area contributed by atoms with E-state index in [1.807, 2.05) is 25.1 Å². The van der Waals surface area contributed by atoms with Crippen LogP contribution in [-0.4, -0.2) is 12.5 Å². The summed E-state index contributed by atoms with van der Waals surface area (Å²) >= 11 is 0. The summed E-state index contributed by atoms with van der Waals surface area (Å²) in [7, 11) is 0. The van der Waals surface area contributed by atoms with Crippen LogP contribution in [0.4, 0.5) is 0 Å². The van der Waals surface area contributed by atoms with Gasteiger partial charge < -0.3 is 5.32 Å². The molecule has 1 amide bonds. The van der Waals surface area contributed by atoms with Gasteiger partial charge in [-0.15, -0.1) is 0 Å². The highest BCUT2D eigenvalue weighted by molar-refractivity contribution is 5.82. The van der Waals surface area contributed by atoms with Crippen LogP contribution >= 0.6 is 0 Å². The summed E-state index contributed by atoms with van der Waals surface area (Å²) in [6, 6.07) is 10.3. The van der Waals surface area contributed by atoms with Gasteiger partial charge in [0.1, 0.15) is 0 Å². The second kappa shape index (κ2) is 3.82. The summed E-state index contributed by atoms with van der Waals surface area (Å²) in [5.74, 6) is 0.890. The van der Waals surface area contributed by atoms with Crippen molar-refractivity contribution in [2.75, 3.05) is 6.54 Å². The molecule has 0 heterocycles. The Morgan fingerprint density at radius 3 is 2.79 bits per heavy atom. The van der Waals surface area contributed by atoms with Crippen molar-refractivity contribution in [1.82, 2.24) is 5.32 Å². The smallest absolute Gasteiger partial charge is 0.223 e. The van der Waals surface area contributed by atoms with E-state index in [9.17, 15) is 4.79 Å². The zero-order chi connectivity index (χ0) is 9.97. The minimum atomic E-state index is 0.210. The predicted octanol–water partition coefficient (Wildman–Crippen LogP) is 1.93. The number of rotatable bonds is 3. The molecule has 0 unspecified atom stereocenters. The van der Waals surface area contributed by atoms with Crippen molar-refractivity contribution in [3.8, 4) is 0 Å². The molecule has 74 valence electrons. The van der Waals surface area contributed by atoms with E-state index >= 15 is 0 Å². The number of amides is 1. The van der Waals surface area contributed by atoms with Crippen molar-refractivity contribution in [3.05, 3.63) is 35.9 Å². The summed E-state index contributed by atoms with van der Waals surface area (Å²) in [5, 5.41) is 2.87. The first-order valence-electron chi connectivity index (χ1n) is 5.15. The first kappa shape index (κ1) is 9.25. The van der Waals surface area contributed by atoms with Gasteiger partial charge in [-0.25, -0.2) is 0 Å². The molecule has 1 fully saturated rings. The van der Waals surface area contributed by atoms with E-state index in [1.54, 1.807) is 0 Å². The molecule has 0 aliphatic heterocycles. The number of carbonyl (C=O) groups is 1. The molecule has 0 spiro atoms. The lowest BCUT2D eigenvalue weighted by Crippen LogP contribution is -2.24. The Morgan fingerprint density at radius 1 is 1.43 bits per heavy atom. The van der Waals surface area contributed by atoms with Gasteiger partial charge in [0.2, 0.25) is 5.91 Å². The van der Waals surface area contributed by atoms with Crippen LogP contribution < -0.4 is 5.32 Å². The Hall–Kier alpha value is -1.31. The quantitative estimate of drug-likeness (QED) is 0.773. The molecule has 0 bridgehead atoms. The van der Waals surface area contributed by atoms with Crippen LogP contribution in [0.1, 0.15) is 24.8 Å². The predicted molar refractivity (Wildman–Crippen MR) is 56.0 cm³/mol. The Bertz CT molecular complexity index is 320. The molecule has 2 nitrogen and oxygen atoms in total. The average Bonchev–Trinajstić information content (AvgIpc) is 2.99. The topological polar surface area (TPSA) is 29.1 Å². The SMILES string of the molecule is CCNC(=O)[C@@H]1C[C@@H]1c1ccccc1. The summed E-state index contributed by atoms with van der Waals surface area (Å²) in [6.07, 6.45) is 1.01. The number of hydrogen-bond donors (Lipinski definition) is 1. The van der Waals surface area contributed by atoms with Gasteiger partial charge in [0, 0.05) is 12.5 Å². The molecular weight excluding hydrogens is 174 g/mol. The Kier molecular flexibility index (Phi) is 2.53. The van der Waals surface area contributed by atoms with Gasteiger partial charge in [-0.1, -0.05) is 30.3 Å². The van der Waals surface area contributed by atoms with Crippen LogP contribution in [0.15, 0.2) is 30.3 Å². The molecule has 14 heavy (non-hydrogen) atoms. The largest absolute Gasteiger partial charge is 0.356 e. The van der Waals surface area contributed by atoms with E-state index in [4.69, 9.17) is 0 Å². The monoisotopic (exact) mass is 189 g/mol. The Balaban J connectivity index is 1.96. The minimum absolute atomic E-state index is 0.210. The first-order chi connectivity index (χ1) is 6.83. The number of hydrogen-bond acceptors (Lipinski definition) is 1. The first-order valence-corrected chi connectivity index (χ1v) is 5.15. The highest BCUT2D eigenvalue weighted by Gasteiger charge is 2.43. The van der Waals surface area contributed by atoms with Crippen molar-refractivity contribution in [3.63, 3.8) is 0 Å². The number of nitrogens with one attached hydrogen (secondary N) is 1. The number of benzene rings is 1. The normalized spacial score (nSPS) is 24.4. The van der Waals surface area contributed by atoms with E-state index in [-0.39, 0.29) is 11.8 Å². The fraction of sp³-hybridized carbons (Fsp3) is 0.417. The zero-order valence-electron chi connectivity index (χ0n) is 8.36. The third-order valence-corrected chi connectivity index (χ3v) is 2.71. The van der Waals surface area contributed by atoms with Crippen molar-refractivity contribution in [1.29, 1.82) is 0 Å². The van der Waals surface area contributed by atoms with Crippen molar-refractivity contribution in [2.24, 2.45) is 5.92 Å². The second-order valence-corrected chi connectivity index (χ2v) is 3.75. The lowest BCUT2D eigenvalue weighted by atomic mass is 10.1. The van der Waals surface area contributed by atoms with E-state index in [0.717, 1.165) is 13.0 Å². The highest BCUT2D eigenvalue weighted by atomic mass is 16.2. The van der Waals surface area contributed by atoms with Gasteiger partial charge in [0.15, 0.2) is 0 Å². The van der Waals surface area contributed by atoms with Crippen molar-refractivity contribution in [2.45, 2.75) is 19.3 Å². The third-order valence-electron chi connectivity index (χ3n) is 2.71. The lowest BCUT2D eigenvalue weighted by molar-refractivity contribution is -0.122. The van der Waals surface area contributed by atoms with E-state index in [2.05, 4.69) is 17.4 Å². The molecule has 1 saturated carbocycles. The molecule has 2 heteroatoms. The molecule has 0 saturated heterocycles. The summed E-state index contributed by atoms with van der Waals surface area (Å²) < 4.78 is 0. The van der Waals surface area contributed by atoms with Crippen molar-refractivity contribution >= 4 is 5.91 Å². The highest BCUT2D eigenvalue weighted by Crippen LogP contribution is 2.47. The fourth-order valence-corrected chi connectivity index (χ4v) is 1.86. The van der Waals surface area contributed by atoms with Crippen LogP contribution in [0.2, 0.25) is 0 Å². The minimum Gasteiger partial charge on any atom is -0.356 e. The lowest BCUT2D eigenvalue weighted by Gasteiger charge is -2.01. The third kappa shape index (κ3) is 1.79. The number of carbonyl (C=O) groups excluding carboxylic acids is 1.